The second-order valence-electron chi connectivity index (χ2n) is 5.77. The lowest BCUT2D eigenvalue weighted by Gasteiger charge is -2.18. The molecule has 0 saturated carbocycles. The van der Waals surface area contributed by atoms with Crippen molar-refractivity contribution in [2.75, 3.05) is 0 Å². The van der Waals surface area contributed by atoms with Gasteiger partial charge in [0.05, 0.1) is 23.4 Å². The Morgan fingerprint density at radius 3 is 2.71 bits per heavy atom. The van der Waals surface area contributed by atoms with Crippen molar-refractivity contribution in [2.45, 2.75) is 36.0 Å². The molecule has 0 spiro atoms. The Kier molecular flexibility index (Phi) is 3.88. The van der Waals surface area contributed by atoms with E-state index in [1.807, 2.05) is 0 Å². The van der Waals surface area contributed by atoms with Gasteiger partial charge in [0, 0.05) is 25.1 Å². The minimum absolute atomic E-state index is 0.00193. The second kappa shape index (κ2) is 5.52. The number of aliphatic hydroxyl groups excluding tert-OH is 1. The van der Waals surface area contributed by atoms with E-state index in [9.17, 15) is 22.3 Å². The SMILES string of the molecule is Cn1cc(Oc2ccc(S(=O)(=O)C(C)(F)F)c3c2CCC3O)cn1. The first-order chi connectivity index (χ1) is 11.1. The first-order valence-electron chi connectivity index (χ1n) is 7.24. The third-order valence-corrected chi connectivity index (χ3v) is 5.82. The number of fused-ring (bicyclic) bond motifs is 1. The molecule has 3 rings (SSSR count). The highest BCUT2D eigenvalue weighted by Crippen LogP contribution is 2.44. The molecule has 1 aromatic heterocycles. The molecule has 9 heteroatoms. The highest BCUT2D eigenvalue weighted by Gasteiger charge is 2.44. The molecule has 1 heterocycles. The fourth-order valence-electron chi connectivity index (χ4n) is 2.77. The molecule has 1 atom stereocenters. The molecule has 0 aliphatic heterocycles. The van der Waals surface area contributed by atoms with Gasteiger partial charge in [0.2, 0.25) is 9.84 Å². The number of hydrogen-bond donors (Lipinski definition) is 1. The van der Waals surface area contributed by atoms with Crippen molar-refractivity contribution in [3.8, 4) is 11.5 Å². The van der Waals surface area contributed by atoms with Gasteiger partial charge in [-0.2, -0.15) is 13.9 Å². The Hall–Kier alpha value is -2.00. The summed E-state index contributed by atoms with van der Waals surface area (Å²) in [4.78, 5) is -0.548. The van der Waals surface area contributed by atoms with Crippen LogP contribution in [-0.4, -0.2) is 28.6 Å². The normalized spacial score (nSPS) is 17.8. The molecule has 1 aliphatic carbocycles. The molecule has 0 radical (unpaired) electrons. The van der Waals surface area contributed by atoms with Crippen molar-refractivity contribution < 1.29 is 27.0 Å². The molecule has 6 nitrogen and oxygen atoms in total. The van der Waals surface area contributed by atoms with Crippen LogP contribution in [0.3, 0.4) is 0 Å². The Morgan fingerprint density at radius 1 is 1.42 bits per heavy atom. The van der Waals surface area contributed by atoms with Crippen molar-refractivity contribution in [1.29, 1.82) is 0 Å². The number of nitrogens with zero attached hydrogens (tertiary/aromatic N) is 2. The molecule has 0 amide bonds. The Labute approximate surface area is 137 Å². The molecule has 2 aromatic rings. The van der Waals surface area contributed by atoms with Crippen LogP contribution in [-0.2, 0) is 23.3 Å². The third kappa shape index (κ3) is 2.67. The predicted molar refractivity (Wildman–Crippen MR) is 80.8 cm³/mol. The maximum absolute atomic E-state index is 13.5. The second-order valence-corrected chi connectivity index (χ2v) is 7.94. The first kappa shape index (κ1) is 16.8. The minimum atomic E-state index is -4.89. The van der Waals surface area contributed by atoms with Crippen molar-refractivity contribution >= 4 is 9.84 Å². The summed E-state index contributed by atoms with van der Waals surface area (Å²) in [6.07, 6.45) is 2.56. The quantitative estimate of drug-likeness (QED) is 0.908. The van der Waals surface area contributed by atoms with Gasteiger partial charge in [-0.25, -0.2) is 8.42 Å². The van der Waals surface area contributed by atoms with E-state index in [1.54, 1.807) is 13.2 Å². The largest absolute Gasteiger partial charge is 0.454 e. The standard InChI is InChI=1S/C15H16F2N2O4S/c1-15(16,17)24(21,22)13-6-5-12(10-3-4-11(20)14(10)13)23-9-7-18-19(2)8-9/h5-8,11,20H,3-4H2,1-2H3. The van der Waals surface area contributed by atoms with Crippen molar-refractivity contribution in [3.63, 3.8) is 0 Å². The van der Waals surface area contributed by atoms with Crippen LogP contribution in [0.25, 0.3) is 0 Å². The Bertz CT molecular complexity index is 887. The Morgan fingerprint density at radius 2 is 2.12 bits per heavy atom. The smallest absolute Gasteiger partial charge is 0.347 e. The van der Waals surface area contributed by atoms with Crippen LogP contribution in [0.2, 0.25) is 0 Å². The van der Waals surface area contributed by atoms with Crippen LogP contribution in [0.4, 0.5) is 8.78 Å². The van der Waals surface area contributed by atoms with Gasteiger partial charge in [-0.15, -0.1) is 0 Å². The number of benzene rings is 1. The summed E-state index contributed by atoms with van der Waals surface area (Å²) < 4.78 is 58.5. The maximum atomic E-state index is 13.5. The average molecular weight is 358 g/mol. The van der Waals surface area contributed by atoms with E-state index in [2.05, 4.69) is 5.10 Å². The van der Waals surface area contributed by atoms with Crippen LogP contribution in [0.15, 0.2) is 29.4 Å². The lowest BCUT2D eigenvalue weighted by molar-refractivity contribution is 0.113. The number of aryl methyl sites for hydroxylation is 1. The van der Waals surface area contributed by atoms with Gasteiger partial charge in [-0.3, -0.25) is 4.68 Å². The van der Waals surface area contributed by atoms with Gasteiger partial charge in [0.15, 0.2) is 5.75 Å². The summed E-state index contributed by atoms with van der Waals surface area (Å²) in [7, 11) is -3.18. The fourth-order valence-corrected chi connectivity index (χ4v) is 3.96. The summed E-state index contributed by atoms with van der Waals surface area (Å²) in [6.45, 7) is 0.329. The summed E-state index contributed by atoms with van der Waals surface area (Å²) in [5, 5.41) is 10.1. The van der Waals surface area contributed by atoms with Crippen molar-refractivity contribution in [1.82, 2.24) is 9.78 Å². The molecule has 1 unspecified atom stereocenters. The van der Waals surface area contributed by atoms with Gasteiger partial charge in [-0.1, -0.05) is 0 Å². The average Bonchev–Trinajstić information content (AvgIpc) is 3.05. The number of halogens is 2. The zero-order valence-corrected chi connectivity index (χ0v) is 13.8. The van der Waals surface area contributed by atoms with E-state index in [-0.39, 0.29) is 12.0 Å². The summed E-state index contributed by atoms with van der Waals surface area (Å²) in [5.74, 6) is 0.755. The molecular formula is C15H16F2N2O4S. The van der Waals surface area contributed by atoms with E-state index < -0.39 is 26.1 Å². The zero-order chi connectivity index (χ0) is 17.7. The highest BCUT2D eigenvalue weighted by molar-refractivity contribution is 7.92. The molecule has 0 fully saturated rings. The summed E-state index contributed by atoms with van der Waals surface area (Å²) in [6, 6.07) is 2.40. The van der Waals surface area contributed by atoms with Crippen molar-refractivity contribution in [2.24, 2.45) is 7.05 Å². The molecule has 130 valence electrons. The van der Waals surface area contributed by atoms with Gasteiger partial charge in [0.25, 0.3) is 0 Å². The Balaban J connectivity index is 2.11. The number of hydrogen-bond acceptors (Lipinski definition) is 5. The lowest BCUT2D eigenvalue weighted by Crippen LogP contribution is -2.26. The van der Waals surface area contributed by atoms with Crippen molar-refractivity contribution in [3.05, 3.63) is 35.7 Å². The van der Waals surface area contributed by atoms with Crippen LogP contribution < -0.4 is 4.74 Å². The van der Waals surface area contributed by atoms with E-state index in [0.29, 0.717) is 30.4 Å². The molecular weight excluding hydrogens is 342 g/mol. The van der Waals surface area contributed by atoms with E-state index in [1.165, 1.54) is 16.9 Å². The molecule has 0 saturated heterocycles. The molecule has 0 bridgehead atoms. The van der Waals surface area contributed by atoms with Gasteiger partial charge in [-0.05, 0) is 25.0 Å². The van der Waals surface area contributed by atoms with Crippen LogP contribution in [0.1, 0.15) is 30.6 Å². The minimum Gasteiger partial charge on any atom is -0.454 e. The molecule has 1 N–H and O–H groups in total. The van der Waals surface area contributed by atoms with E-state index >= 15 is 0 Å². The number of rotatable bonds is 4. The van der Waals surface area contributed by atoms with Crippen LogP contribution in [0, 0.1) is 0 Å². The molecule has 1 aromatic carbocycles. The summed E-state index contributed by atoms with van der Waals surface area (Å²) in [5.41, 5.74) is 0.426. The first-order valence-corrected chi connectivity index (χ1v) is 8.72. The predicted octanol–water partition coefficient (Wildman–Crippen LogP) is 2.58. The number of alkyl halides is 2. The fraction of sp³-hybridized carbons (Fsp3) is 0.400. The van der Waals surface area contributed by atoms with Gasteiger partial charge >= 0.3 is 5.25 Å². The van der Waals surface area contributed by atoms with E-state index in [4.69, 9.17) is 4.74 Å². The monoisotopic (exact) mass is 358 g/mol. The number of aliphatic hydroxyl groups is 1. The van der Waals surface area contributed by atoms with E-state index in [0.717, 1.165) is 6.07 Å². The highest BCUT2D eigenvalue weighted by atomic mass is 32.2. The number of aromatic nitrogens is 2. The molecule has 24 heavy (non-hydrogen) atoms. The molecule has 1 aliphatic rings. The van der Waals surface area contributed by atoms with Gasteiger partial charge in [0.1, 0.15) is 5.75 Å². The number of ether oxygens (including phenoxy) is 1. The van der Waals surface area contributed by atoms with Crippen LogP contribution >= 0.6 is 0 Å². The third-order valence-electron chi connectivity index (χ3n) is 3.95. The topological polar surface area (TPSA) is 81.4 Å². The summed E-state index contributed by atoms with van der Waals surface area (Å²) >= 11 is 0. The maximum Gasteiger partial charge on any atom is 0.347 e. The van der Waals surface area contributed by atoms with Crippen LogP contribution in [0.5, 0.6) is 11.5 Å². The lowest BCUT2D eigenvalue weighted by atomic mass is 10.1. The number of sulfone groups is 1. The zero-order valence-electron chi connectivity index (χ0n) is 13.0. The van der Waals surface area contributed by atoms with Gasteiger partial charge < -0.3 is 9.84 Å².